The van der Waals surface area contributed by atoms with Crippen molar-refractivity contribution in [3.63, 3.8) is 0 Å². The highest BCUT2D eigenvalue weighted by Crippen LogP contribution is 2.38. The quantitative estimate of drug-likeness (QED) is 0.604. The van der Waals surface area contributed by atoms with Crippen LogP contribution in [0.25, 0.3) is 0 Å². The number of rotatable bonds is 2. The zero-order valence-electron chi connectivity index (χ0n) is 21.3. The molecule has 5 rings (SSSR count). The van der Waals surface area contributed by atoms with Crippen molar-refractivity contribution in [2.75, 3.05) is 38.0 Å². The molecule has 1 saturated heterocycles. The van der Waals surface area contributed by atoms with Gasteiger partial charge in [-0.2, -0.15) is 13.2 Å². The van der Waals surface area contributed by atoms with E-state index in [1.807, 2.05) is 6.92 Å². The molecule has 37 heavy (non-hydrogen) atoms. The van der Waals surface area contributed by atoms with Crippen LogP contribution in [0.15, 0.2) is 12.1 Å². The highest BCUT2D eigenvalue weighted by Gasteiger charge is 2.44. The normalized spacial score (nSPS) is 30.1. The number of fused-ring (bicyclic) bond motifs is 8. The van der Waals surface area contributed by atoms with Crippen LogP contribution in [0.1, 0.15) is 62.6 Å². The summed E-state index contributed by atoms with van der Waals surface area (Å²) in [6, 6.07) is 0.919. The Morgan fingerprint density at radius 1 is 1.16 bits per heavy atom. The second kappa shape index (κ2) is 10.9. The summed E-state index contributed by atoms with van der Waals surface area (Å²) < 4.78 is 79.2. The first-order valence-corrected chi connectivity index (χ1v) is 14.6. The number of ether oxygens (including phenoxy) is 2. The number of pyridine rings is 1. The van der Waals surface area contributed by atoms with Gasteiger partial charge in [-0.05, 0) is 57.6 Å². The van der Waals surface area contributed by atoms with Crippen molar-refractivity contribution >= 4 is 21.9 Å². The molecular formula is C24H35F3N4O5S. The minimum Gasteiger partial charge on any atom is -0.449 e. The van der Waals surface area contributed by atoms with Gasteiger partial charge in [-0.1, -0.05) is 0 Å². The van der Waals surface area contributed by atoms with Gasteiger partial charge in [0.1, 0.15) is 5.82 Å². The maximum Gasteiger partial charge on any atom is 0.416 e. The van der Waals surface area contributed by atoms with Crippen LogP contribution in [0.4, 0.5) is 23.8 Å². The van der Waals surface area contributed by atoms with Gasteiger partial charge in [0.25, 0.3) is 0 Å². The lowest BCUT2D eigenvalue weighted by atomic mass is 9.84. The van der Waals surface area contributed by atoms with Crippen molar-refractivity contribution in [3.05, 3.63) is 23.4 Å². The molecule has 1 saturated carbocycles. The van der Waals surface area contributed by atoms with E-state index in [4.69, 9.17) is 9.47 Å². The third-order valence-corrected chi connectivity index (χ3v) is 8.21. The highest BCUT2D eigenvalue weighted by molar-refractivity contribution is 7.88. The first kappa shape index (κ1) is 27.9. The molecule has 1 aliphatic carbocycles. The fourth-order valence-corrected chi connectivity index (χ4v) is 6.39. The summed E-state index contributed by atoms with van der Waals surface area (Å²) in [5, 5.41) is 0. The number of halogens is 3. The van der Waals surface area contributed by atoms with E-state index in [9.17, 15) is 26.4 Å². The van der Waals surface area contributed by atoms with E-state index < -0.39 is 39.9 Å². The Morgan fingerprint density at radius 3 is 2.51 bits per heavy atom. The highest BCUT2D eigenvalue weighted by atomic mass is 32.2. The number of hydrogen-bond acceptors (Lipinski definition) is 7. The monoisotopic (exact) mass is 548 g/mol. The Labute approximate surface area is 215 Å². The summed E-state index contributed by atoms with van der Waals surface area (Å²) in [4.78, 5) is 20.8. The molecule has 1 N–H and O–H groups in total. The minimum atomic E-state index is -4.48. The molecule has 208 valence electrons. The molecule has 3 atom stereocenters. The van der Waals surface area contributed by atoms with Gasteiger partial charge in [0.05, 0.1) is 37.2 Å². The second-order valence-corrected chi connectivity index (χ2v) is 12.2. The van der Waals surface area contributed by atoms with Gasteiger partial charge >= 0.3 is 12.3 Å². The second-order valence-electron chi connectivity index (χ2n) is 10.4. The number of carbonyl (C=O) groups is 1. The number of aromatic nitrogens is 1. The van der Waals surface area contributed by atoms with E-state index in [1.54, 1.807) is 16.8 Å². The lowest BCUT2D eigenvalue weighted by Gasteiger charge is -2.33. The molecule has 0 aromatic carbocycles. The molecule has 1 amide bonds. The van der Waals surface area contributed by atoms with E-state index >= 15 is 0 Å². The molecule has 9 nitrogen and oxygen atoms in total. The number of nitrogens with zero attached hydrogens (tertiary/aromatic N) is 3. The summed E-state index contributed by atoms with van der Waals surface area (Å²) in [7, 11) is -1.83. The van der Waals surface area contributed by atoms with Crippen LogP contribution < -0.4 is 9.62 Å². The van der Waals surface area contributed by atoms with Crippen LogP contribution in [0.5, 0.6) is 0 Å². The molecule has 0 radical (unpaired) electrons. The van der Waals surface area contributed by atoms with Gasteiger partial charge in [0.15, 0.2) is 0 Å². The fourth-order valence-electron chi connectivity index (χ4n) is 5.59. The van der Waals surface area contributed by atoms with Gasteiger partial charge in [-0.3, -0.25) is 4.90 Å². The molecule has 4 aliphatic rings. The SMILES string of the molecule is C[C@@H]1C[C@H](NS(C)(=O)=O)[C@@H]2COC3CCC(CC3)c3cc(C(F)(F)F)cc(n3)N(C)CCCOC(=O)N12. The fraction of sp³-hybridized carbons (Fsp3) is 0.750. The van der Waals surface area contributed by atoms with Crippen molar-refractivity contribution in [3.8, 4) is 0 Å². The zero-order valence-corrected chi connectivity index (χ0v) is 22.1. The molecule has 0 spiro atoms. The Bertz CT molecular complexity index is 1080. The maximum absolute atomic E-state index is 13.7. The average molecular weight is 549 g/mol. The topological polar surface area (TPSA) is 101 Å². The van der Waals surface area contributed by atoms with E-state index in [-0.39, 0.29) is 37.1 Å². The summed E-state index contributed by atoms with van der Waals surface area (Å²) in [6.07, 6.45) is -0.774. The average Bonchev–Trinajstić information content (AvgIpc) is 3.12. The van der Waals surface area contributed by atoms with Crippen molar-refractivity contribution < 1.29 is 35.9 Å². The Hall–Kier alpha value is -2.12. The molecule has 0 unspecified atom stereocenters. The molecule has 2 fully saturated rings. The Balaban J connectivity index is 1.59. The third-order valence-electron chi connectivity index (χ3n) is 7.48. The van der Waals surface area contributed by atoms with Crippen molar-refractivity contribution in [1.29, 1.82) is 0 Å². The van der Waals surface area contributed by atoms with Crippen LogP contribution in [-0.4, -0.2) is 81.7 Å². The molecule has 3 aliphatic heterocycles. The van der Waals surface area contributed by atoms with Crippen LogP contribution in [0.2, 0.25) is 0 Å². The zero-order chi connectivity index (χ0) is 27.0. The van der Waals surface area contributed by atoms with Crippen molar-refractivity contribution in [2.45, 2.75) is 81.8 Å². The summed E-state index contributed by atoms with van der Waals surface area (Å²) in [5.41, 5.74) is -0.292. The largest absolute Gasteiger partial charge is 0.449 e. The Morgan fingerprint density at radius 2 is 1.86 bits per heavy atom. The predicted molar refractivity (Wildman–Crippen MR) is 131 cm³/mol. The van der Waals surface area contributed by atoms with E-state index in [2.05, 4.69) is 9.71 Å². The number of nitrogens with one attached hydrogen (secondary N) is 1. The maximum atomic E-state index is 13.7. The lowest BCUT2D eigenvalue weighted by molar-refractivity contribution is -0.137. The van der Waals surface area contributed by atoms with E-state index in [0.29, 0.717) is 50.8 Å². The van der Waals surface area contributed by atoms with Crippen LogP contribution >= 0.6 is 0 Å². The lowest BCUT2D eigenvalue weighted by Crippen LogP contribution is -2.50. The van der Waals surface area contributed by atoms with Crippen LogP contribution in [0, 0.1) is 0 Å². The van der Waals surface area contributed by atoms with Crippen molar-refractivity contribution in [2.24, 2.45) is 0 Å². The van der Waals surface area contributed by atoms with E-state index in [1.165, 1.54) is 0 Å². The standard InChI is InChI=1S/C24H35F3N4O5S/c1-15-11-20(29-37(3,33)34)21-14-36-18-7-5-16(6-8-18)19-12-17(24(25,26)27)13-22(28-19)30(2)9-4-10-35-23(32)31(15)21/h12-13,15-16,18,20-21,29H,4-11,14H2,1-3H3/t15-,16?,18?,20+,21+/m1/s1. The summed E-state index contributed by atoms with van der Waals surface area (Å²) >= 11 is 0. The van der Waals surface area contributed by atoms with Crippen LogP contribution in [-0.2, 0) is 25.7 Å². The molecule has 1 aromatic heterocycles. The number of alkyl halides is 3. The third kappa shape index (κ3) is 6.85. The van der Waals surface area contributed by atoms with Gasteiger partial charge in [-0.15, -0.1) is 0 Å². The number of anilines is 1. The predicted octanol–water partition coefficient (Wildman–Crippen LogP) is 3.50. The molecule has 4 bridgehead atoms. The smallest absolute Gasteiger partial charge is 0.416 e. The van der Waals surface area contributed by atoms with Gasteiger partial charge in [-0.25, -0.2) is 22.9 Å². The van der Waals surface area contributed by atoms with Crippen molar-refractivity contribution in [1.82, 2.24) is 14.6 Å². The van der Waals surface area contributed by atoms with Gasteiger partial charge in [0.2, 0.25) is 10.0 Å². The van der Waals surface area contributed by atoms with Gasteiger partial charge in [0, 0.05) is 37.3 Å². The molecule has 13 heteroatoms. The molecule has 1 aromatic rings. The van der Waals surface area contributed by atoms with Gasteiger partial charge < -0.3 is 14.4 Å². The molecule has 4 heterocycles. The summed E-state index contributed by atoms with van der Waals surface area (Å²) in [5.74, 6) is 0.124. The first-order valence-electron chi connectivity index (χ1n) is 12.7. The number of amides is 1. The number of carbonyl (C=O) groups excluding carboxylic acids is 1. The minimum absolute atomic E-state index is 0.0568. The van der Waals surface area contributed by atoms with E-state index in [0.717, 1.165) is 18.4 Å². The first-order chi connectivity index (χ1) is 17.3. The molecular weight excluding hydrogens is 513 g/mol. The summed E-state index contributed by atoms with van der Waals surface area (Å²) in [6.45, 7) is 2.38. The Kier molecular flexibility index (Phi) is 8.25. The number of hydrogen-bond donors (Lipinski definition) is 1. The van der Waals surface area contributed by atoms with Crippen LogP contribution in [0.3, 0.4) is 0 Å². The number of sulfonamides is 1.